The lowest BCUT2D eigenvalue weighted by atomic mass is 10.0. The summed E-state index contributed by atoms with van der Waals surface area (Å²) in [4.78, 5) is 0. The van der Waals surface area contributed by atoms with Crippen LogP contribution in [0, 0.1) is 13.8 Å². The molecule has 2 aromatic rings. The van der Waals surface area contributed by atoms with E-state index in [1.165, 1.54) is 28.8 Å². The zero-order chi connectivity index (χ0) is 15.5. The third kappa shape index (κ3) is 4.22. The zero-order valence-electron chi connectivity index (χ0n) is 12.0. The minimum Gasteiger partial charge on any atom is -0.166 e. The molecule has 0 amide bonds. The Hall–Kier alpha value is -2.03. The van der Waals surface area contributed by atoms with Crippen LogP contribution in [0.15, 0.2) is 48.5 Å². The molecule has 0 aliphatic rings. The summed E-state index contributed by atoms with van der Waals surface area (Å²) in [5.41, 5.74) is 3.82. The van der Waals surface area contributed by atoms with Gasteiger partial charge in [-0.1, -0.05) is 48.0 Å². The van der Waals surface area contributed by atoms with Crippen LogP contribution in [0.3, 0.4) is 0 Å². The lowest BCUT2D eigenvalue weighted by Crippen LogP contribution is -2.03. The van der Waals surface area contributed by atoms with E-state index in [1.807, 2.05) is 19.1 Å². The van der Waals surface area contributed by atoms with Gasteiger partial charge in [-0.3, -0.25) is 0 Å². The first-order valence-corrected chi connectivity index (χ1v) is 6.76. The first kappa shape index (κ1) is 15.4. The first-order chi connectivity index (χ1) is 9.86. The normalized spacial score (nSPS) is 12.0. The Morgan fingerprint density at radius 1 is 0.952 bits per heavy atom. The fraction of sp³-hybridized carbons (Fsp3) is 0.222. The van der Waals surface area contributed by atoms with E-state index in [4.69, 9.17) is 0 Å². The summed E-state index contributed by atoms with van der Waals surface area (Å²) in [7, 11) is 0. The molecule has 3 heteroatoms. The molecule has 0 bridgehead atoms. The molecule has 110 valence electrons. The highest BCUT2D eigenvalue weighted by Crippen LogP contribution is 2.29. The zero-order valence-corrected chi connectivity index (χ0v) is 12.0. The maximum atomic E-state index is 12.5. The monoisotopic (exact) mass is 290 g/mol. The van der Waals surface area contributed by atoms with Crippen molar-refractivity contribution in [1.82, 2.24) is 0 Å². The van der Waals surface area contributed by atoms with Gasteiger partial charge >= 0.3 is 6.18 Å². The van der Waals surface area contributed by atoms with Crippen LogP contribution in [0.25, 0.3) is 6.08 Å². The van der Waals surface area contributed by atoms with Crippen molar-refractivity contribution in [2.45, 2.75) is 26.4 Å². The van der Waals surface area contributed by atoms with Gasteiger partial charge in [0, 0.05) is 0 Å². The second-order valence-corrected chi connectivity index (χ2v) is 5.16. The summed E-state index contributed by atoms with van der Waals surface area (Å²) in [5.74, 6) is 0. The molecule has 21 heavy (non-hydrogen) atoms. The second kappa shape index (κ2) is 6.17. The van der Waals surface area contributed by atoms with Gasteiger partial charge in [-0.15, -0.1) is 0 Å². The van der Waals surface area contributed by atoms with Crippen LogP contribution in [0.2, 0.25) is 0 Å². The molecule has 2 aromatic carbocycles. The molecule has 0 aromatic heterocycles. The summed E-state index contributed by atoms with van der Waals surface area (Å²) in [6, 6.07) is 11.5. The van der Waals surface area contributed by atoms with Crippen LogP contribution in [0.5, 0.6) is 0 Å². The van der Waals surface area contributed by atoms with Gasteiger partial charge < -0.3 is 0 Å². The number of hydrogen-bond donors (Lipinski definition) is 0. The van der Waals surface area contributed by atoms with Crippen LogP contribution < -0.4 is 0 Å². The fourth-order valence-corrected chi connectivity index (χ4v) is 2.13. The van der Waals surface area contributed by atoms with E-state index in [9.17, 15) is 13.2 Å². The highest BCUT2D eigenvalue weighted by atomic mass is 19.4. The van der Waals surface area contributed by atoms with Crippen molar-refractivity contribution in [2.75, 3.05) is 0 Å². The van der Waals surface area contributed by atoms with E-state index < -0.39 is 11.7 Å². The quantitative estimate of drug-likeness (QED) is 0.692. The lowest BCUT2D eigenvalue weighted by molar-refractivity contribution is -0.137. The van der Waals surface area contributed by atoms with Crippen molar-refractivity contribution in [2.24, 2.45) is 0 Å². The molecule has 0 fully saturated rings. The van der Waals surface area contributed by atoms with Gasteiger partial charge in [0.05, 0.1) is 5.56 Å². The second-order valence-electron chi connectivity index (χ2n) is 5.16. The van der Waals surface area contributed by atoms with Crippen molar-refractivity contribution in [3.63, 3.8) is 0 Å². The standard InChI is InChI=1S/C18H17F3/c1-13-6-7-14(2)16(12-13)5-3-4-15-8-10-17(11-9-15)18(19,20)21/h3-4,6-12H,5H2,1-2H3/b4-3+. The number of hydrogen-bond acceptors (Lipinski definition) is 0. The third-order valence-electron chi connectivity index (χ3n) is 3.39. The molecule has 0 unspecified atom stereocenters. The highest BCUT2D eigenvalue weighted by Gasteiger charge is 2.29. The van der Waals surface area contributed by atoms with E-state index in [0.29, 0.717) is 0 Å². The van der Waals surface area contributed by atoms with Crippen LogP contribution >= 0.6 is 0 Å². The number of aryl methyl sites for hydroxylation is 2. The van der Waals surface area contributed by atoms with Crippen molar-refractivity contribution >= 4 is 6.08 Å². The molecule has 0 N–H and O–H groups in total. The predicted octanol–water partition coefficient (Wildman–Crippen LogP) is 5.58. The van der Waals surface area contributed by atoms with Crippen molar-refractivity contribution in [1.29, 1.82) is 0 Å². The molecule has 0 saturated carbocycles. The average Bonchev–Trinajstić information content (AvgIpc) is 2.42. The molecule has 0 aliphatic carbocycles. The minimum atomic E-state index is -4.28. The Bertz CT molecular complexity index is 635. The molecular weight excluding hydrogens is 273 g/mol. The molecular formula is C18H17F3. The molecule has 2 rings (SSSR count). The maximum absolute atomic E-state index is 12.5. The number of allylic oxidation sites excluding steroid dienone is 1. The van der Waals surface area contributed by atoms with E-state index in [-0.39, 0.29) is 0 Å². The lowest BCUT2D eigenvalue weighted by Gasteiger charge is -2.06. The van der Waals surface area contributed by atoms with E-state index in [1.54, 1.807) is 0 Å². The molecule has 0 aliphatic heterocycles. The average molecular weight is 290 g/mol. The van der Waals surface area contributed by atoms with Crippen molar-refractivity contribution in [3.8, 4) is 0 Å². The molecule has 0 nitrogen and oxygen atoms in total. The first-order valence-electron chi connectivity index (χ1n) is 6.76. The molecule has 0 saturated heterocycles. The summed E-state index contributed by atoms with van der Waals surface area (Å²) < 4.78 is 37.4. The van der Waals surface area contributed by atoms with Gasteiger partial charge in [0.25, 0.3) is 0 Å². The van der Waals surface area contributed by atoms with Crippen molar-refractivity contribution < 1.29 is 13.2 Å². The van der Waals surface area contributed by atoms with E-state index in [2.05, 4.69) is 25.1 Å². The fourth-order valence-electron chi connectivity index (χ4n) is 2.13. The van der Waals surface area contributed by atoms with Gasteiger partial charge in [0.1, 0.15) is 0 Å². The Morgan fingerprint density at radius 2 is 1.62 bits per heavy atom. The van der Waals surface area contributed by atoms with Gasteiger partial charge in [-0.05, 0) is 49.1 Å². The predicted molar refractivity (Wildman–Crippen MR) is 80.1 cm³/mol. The van der Waals surface area contributed by atoms with Crippen LogP contribution in [0.1, 0.15) is 27.8 Å². The largest absolute Gasteiger partial charge is 0.416 e. The Labute approximate surface area is 122 Å². The van der Waals surface area contributed by atoms with Crippen LogP contribution in [0.4, 0.5) is 13.2 Å². The summed E-state index contributed by atoms with van der Waals surface area (Å²) in [6.45, 7) is 4.10. The minimum absolute atomic E-state index is 0.617. The SMILES string of the molecule is Cc1ccc(C)c(C/C=C/c2ccc(C(F)(F)F)cc2)c1. The maximum Gasteiger partial charge on any atom is 0.416 e. The molecule has 0 heterocycles. The Balaban J connectivity index is 2.06. The molecule has 0 radical (unpaired) electrons. The van der Waals surface area contributed by atoms with Crippen LogP contribution in [-0.4, -0.2) is 0 Å². The summed E-state index contributed by atoms with van der Waals surface area (Å²) in [5, 5.41) is 0. The van der Waals surface area contributed by atoms with E-state index >= 15 is 0 Å². The van der Waals surface area contributed by atoms with Gasteiger partial charge in [-0.25, -0.2) is 0 Å². The molecule has 0 spiro atoms. The Morgan fingerprint density at radius 3 is 2.24 bits per heavy atom. The molecule has 0 atom stereocenters. The van der Waals surface area contributed by atoms with Gasteiger partial charge in [0.15, 0.2) is 0 Å². The summed E-state index contributed by atoms with van der Waals surface area (Å²) >= 11 is 0. The van der Waals surface area contributed by atoms with Crippen LogP contribution in [-0.2, 0) is 12.6 Å². The number of benzene rings is 2. The highest BCUT2D eigenvalue weighted by molar-refractivity contribution is 5.50. The number of rotatable bonds is 3. The smallest absolute Gasteiger partial charge is 0.166 e. The number of alkyl halides is 3. The topological polar surface area (TPSA) is 0 Å². The Kier molecular flexibility index (Phi) is 4.51. The van der Waals surface area contributed by atoms with E-state index in [0.717, 1.165) is 24.1 Å². The summed E-state index contributed by atoms with van der Waals surface area (Å²) in [6.07, 6.45) is 0.321. The van der Waals surface area contributed by atoms with Gasteiger partial charge in [-0.2, -0.15) is 13.2 Å². The van der Waals surface area contributed by atoms with Gasteiger partial charge in [0.2, 0.25) is 0 Å². The van der Waals surface area contributed by atoms with Crippen molar-refractivity contribution in [3.05, 3.63) is 76.4 Å². The third-order valence-corrected chi connectivity index (χ3v) is 3.39. The number of halogens is 3.